The Morgan fingerprint density at radius 1 is 1.26 bits per heavy atom. The van der Waals surface area contributed by atoms with Gasteiger partial charge < -0.3 is 20.7 Å². The number of carbonyl (C=O) groups is 1. The number of halogens is 1. The number of rotatable bonds is 6. The number of guanidine groups is 1. The van der Waals surface area contributed by atoms with Crippen molar-refractivity contribution in [3.05, 3.63) is 0 Å². The normalized spacial score (nSPS) is 25.0. The van der Waals surface area contributed by atoms with E-state index in [-0.39, 0.29) is 35.5 Å². The summed E-state index contributed by atoms with van der Waals surface area (Å²) in [6, 6.07) is 0.393. The highest BCUT2D eigenvalue weighted by molar-refractivity contribution is 14.0. The van der Waals surface area contributed by atoms with Crippen molar-refractivity contribution in [1.29, 1.82) is 0 Å². The zero-order valence-corrected chi connectivity index (χ0v) is 16.7. The Morgan fingerprint density at radius 3 is 2.61 bits per heavy atom. The second kappa shape index (κ2) is 10.3. The standard InChI is InChI=1S/C16H30N4O2.HI/c1-16(9-5-11-22-16)12-19-15(17-2)18-10-8-14(21)20-13-6-3-4-7-13;/h13H,3-12H2,1-2H3,(H,20,21)(H2,17,18,19);1H. The molecule has 0 radical (unpaired) electrons. The van der Waals surface area contributed by atoms with E-state index in [9.17, 15) is 4.79 Å². The fourth-order valence-electron chi connectivity index (χ4n) is 3.13. The van der Waals surface area contributed by atoms with Crippen molar-refractivity contribution < 1.29 is 9.53 Å². The van der Waals surface area contributed by atoms with Crippen LogP contribution >= 0.6 is 24.0 Å². The van der Waals surface area contributed by atoms with Crippen molar-refractivity contribution in [1.82, 2.24) is 16.0 Å². The Bertz CT molecular complexity index is 392. The van der Waals surface area contributed by atoms with Gasteiger partial charge in [0.15, 0.2) is 5.96 Å². The van der Waals surface area contributed by atoms with E-state index >= 15 is 0 Å². The van der Waals surface area contributed by atoms with Crippen LogP contribution in [0.5, 0.6) is 0 Å². The number of aliphatic imine (C=N–C) groups is 1. The summed E-state index contributed by atoms with van der Waals surface area (Å²) in [6.45, 7) is 4.29. The summed E-state index contributed by atoms with van der Waals surface area (Å²) in [5, 5.41) is 9.56. The fourth-order valence-corrected chi connectivity index (χ4v) is 3.13. The molecule has 1 aliphatic heterocycles. The third-order valence-corrected chi connectivity index (χ3v) is 4.52. The Kier molecular flexibility index (Phi) is 9.19. The molecular formula is C16H31IN4O2. The average Bonchev–Trinajstić information content (AvgIpc) is 3.15. The SMILES string of the molecule is CN=C(NCCC(=O)NC1CCCC1)NCC1(C)CCCO1.I. The van der Waals surface area contributed by atoms with Crippen LogP contribution in [0.25, 0.3) is 0 Å². The van der Waals surface area contributed by atoms with E-state index in [1.54, 1.807) is 7.05 Å². The Labute approximate surface area is 156 Å². The van der Waals surface area contributed by atoms with E-state index in [0.717, 1.165) is 44.8 Å². The molecule has 6 nitrogen and oxygen atoms in total. The quantitative estimate of drug-likeness (QED) is 0.336. The molecule has 7 heteroatoms. The van der Waals surface area contributed by atoms with Gasteiger partial charge in [-0.25, -0.2) is 0 Å². The topological polar surface area (TPSA) is 74.8 Å². The van der Waals surface area contributed by atoms with Crippen LogP contribution in [0, 0.1) is 0 Å². The first kappa shape index (κ1) is 20.5. The summed E-state index contributed by atoms with van der Waals surface area (Å²) in [5.41, 5.74) is -0.0997. The third-order valence-electron chi connectivity index (χ3n) is 4.52. The summed E-state index contributed by atoms with van der Waals surface area (Å²) in [5.74, 6) is 0.853. The van der Waals surface area contributed by atoms with E-state index < -0.39 is 0 Å². The predicted octanol–water partition coefficient (Wildman–Crippen LogP) is 1.79. The van der Waals surface area contributed by atoms with E-state index in [1.807, 2.05) is 0 Å². The molecule has 1 aliphatic carbocycles. The summed E-state index contributed by atoms with van der Waals surface area (Å²) in [6.07, 6.45) is 7.39. The van der Waals surface area contributed by atoms with Gasteiger partial charge in [0.1, 0.15) is 0 Å². The molecule has 1 unspecified atom stereocenters. The van der Waals surface area contributed by atoms with Crippen LogP contribution in [0.3, 0.4) is 0 Å². The molecule has 1 saturated carbocycles. The van der Waals surface area contributed by atoms with E-state index in [1.165, 1.54) is 12.8 Å². The van der Waals surface area contributed by atoms with Crippen LogP contribution < -0.4 is 16.0 Å². The molecule has 23 heavy (non-hydrogen) atoms. The maximum absolute atomic E-state index is 11.9. The Hall–Kier alpha value is -0.570. The van der Waals surface area contributed by atoms with Crippen LogP contribution in [0.1, 0.15) is 51.9 Å². The first-order valence-electron chi connectivity index (χ1n) is 8.49. The number of nitrogens with one attached hydrogen (secondary N) is 3. The number of ether oxygens (including phenoxy) is 1. The van der Waals surface area contributed by atoms with Gasteiger partial charge in [-0.1, -0.05) is 12.8 Å². The van der Waals surface area contributed by atoms with Crippen LogP contribution in [0.4, 0.5) is 0 Å². The molecule has 1 atom stereocenters. The van der Waals surface area contributed by atoms with Crippen LogP contribution in [-0.2, 0) is 9.53 Å². The minimum atomic E-state index is -0.0997. The molecule has 134 valence electrons. The van der Waals surface area contributed by atoms with Crippen molar-refractivity contribution in [3.63, 3.8) is 0 Å². The van der Waals surface area contributed by atoms with Crippen LogP contribution in [-0.4, -0.2) is 50.3 Å². The highest BCUT2D eigenvalue weighted by atomic mass is 127. The van der Waals surface area contributed by atoms with Crippen LogP contribution in [0.2, 0.25) is 0 Å². The molecular weight excluding hydrogens is 407 g/mol. The second-order valence-electron chi connectivity index (χ2n) is 6.55. The van der Waals surface area contributed by atoms with E-state index in [4.69, 9.17) is 4.74 Å². The zero-order valence-electron chi connectivity index (χ0n) is 14.3. The average molecular weight is 438 g/mol. The lowest BCUT2D eigenvalue weighted by Crippen LogP contribution is -2.46. The zero-order chi connectivity index (χ0) is 15.8. The lowest BCUT2D eigenvalue weighted by atomic mass is 10.0. The molecule has 1 saturated heterocycles. The Balaban J connectivity index is 0.00000264. The third kappa shape index (κ3) is 7.24. The molecule has 2 rings (SSSR count). The first-order valence-corrected chi connectivity index (χ1v) is 8.49. The van der Waals surface area contributed by atoms with Gasteiger partial charge >= 0.3 is 0 Å². The van der Waals surface area contributed by atoms with E-state index in [2.05, 4.69) is 27.9 Å². The smallest absolute Gasteiger partial charge is 0.221 e. The van der Waals surface area contributed by atoms with Gasteiger partial charge in [-0.3, -0.25) is 9.79 Å². The molecule has 2 fully saturated rings. The lowest BCUT2D eigenvalue weighted by Gasteiger charge is -2.24. The minimum Gasteiger partial charge on any atom is -0.373 e. The molecule has 0 aromatic rings. The summed E-state index contributed by atoms with van der Waals surface area (Å²) in [7, 11) is 1.74. The van der Waals surface area contributed by atoms with Crippen molar-refractivity contribution in [3.8, 4) is 0 Å². The van der Waals surface area contributed by atoms with Gasteiger partial charge in [-0.2, -0.15) is 0 Å². The number of carbonyl (C=O) groups excluding carboxylic acids is 1. The van der Waals surface area contributed by atoms with Gasteiger partial charge in [0.2, 0.25) is 5.91 Å². The highest BCUT2D eigenvalue weighted by Gasteiger charge is 2.29. The van der Waals surface area contributed by atoms with Crippen LogP contribution in [0.15, 0.2) is 4.99 Å². The molecule has 0 aromatic heterocycles. The van der Waals surface area contributed by atoms with Gasteiger partial charge in [0.05, 0.1) is 5.60 Å². The first-order chi connectivity index (χ1) is 10.6. The van der Waals surface area contributed by atoms with Gasteiger partial charge in [-0.05, 0) is 32.6 Å². The molecule has 1 heterocycles. The fraction of sp³-hybridized carbons (Fsp3) is 0.875. The van der Waals surface area contributed by atoms with Gasteiger partial charge in [-0.15, -0.1) is 24.0 Å². The second-order valence-corrected chi connectivity index (χ2v) is 6.55. The van der Waals surface area contributed by atoms with Crippen molar-refractivity contribution in [2.75, 3.05) is 26.7 Å². The largest absolute Gasteiger partial charge is 0.373 e. The minimum absolute atomic E-state index is 0. The summed E-state index contributed by atoms with van der Waals surface area (Å²) in [4.78, 5) is 16.0. The molecule has 3 N–H and O–H groups in total. The van der Waals surface area contributed by atoms with Gasteiger partial charge in [0.25, 0.3) is 0 Å². The monoisotopic (exact) mass is 438 g/mol. The van der Waals surface area contributed by atoms with Crippen molar-refractivity contribution in [2.24, 2.45) is 4.99 Å². The summed E-state index contributed by atoms with van der Waals surface area (Å²) >= 11 is 0. The Morgan fingerprint density at radius 2 is 2.00 bits per heavy atom. The maximum Gasteiger partial charge on any atom is 0.221 e. The highest BCUT2D eigenvalue weighted by Crippen LogP contribution is 2.23. The molecule has 0 bridgehead atoms. The summed E-state index contributed by atoms with van der Waals surface area (Å²) < 4.78 is 5.74. The predicted molar refractivity (Wildman–Crippen MR) is 103 cm³/mol. The lowest BCUT2D eigenvalue weighted by molar-refractivity contribution is -0.121. The molecule has 0 aromatic carbocycles. The molecule has 2 aliphatic rings. The van der Waals surface area contributed by atoms with Gasteiger partial charge in [0, 0.05) is 39.2 Å². The number of hydrogen-bond acceptors (Lipinski definition) is 3. The van der Waals surface area contributed by atoms with Crippen molar-refractivity contribution in [2.45, 2.75) is 63.5 Å². The van der Waals surface area contributed by atoms with Crippen molar-refractivity contribution >= 4 is 35.8 Å². The number of hydrogen-bond donors (Lipinski definition) is 3. The number of nitrogens with zero attached hydrogens (tertiary/aromatic N) is 1. The maximum atomic E-state index is 11.9. The van der Waals surface area contributed by atoms with E-state index in [0.29, 0.717) is 19.0 Å². The molecule has 0 spiro atoms. The molecule has 1 amide bonds. The number of amides is 1.